The molecule has 2 amide bonds. The van der Waals surface area contributed by atoms with E-state index in [9.17, 15) is 14.4 Å². The molecule has 34 heavy (non-hydrogen) atoms. The van der Waals surface area contributed by atoms with Crippen LogP contribution in [0.15, 0.2) is 54.6 Å². The van der Waals surface area contributed by atoms with Gasteiger partial charge in [0.25, 0.3) is 11.8 Å². The largest absolute Gasteiger partial charge is 0.494 e. The molecule has 0 fully saturated rings. The van der Waals surface area contributed by atoms with Crippen molar-refractivity contribution in [3.05, 3.63) is 70.6 Å². The average molecular weight is 483 g/mol. The first-order valence-corrected chi connectivity index (χ1v) is 11.6. The lowest BCUT2D eigenvalue weighted by Crippen LogP contribution is -2.21. The second-order valence-electron chi connectivity index (χ2n) is 7.04. The first-order chi connectivity index (χ1) is 16.4. The number of nitrogens with one attached hydrogen (secondary N) is 2. The fourth-order valence-corrected chi connectivity index (χ4v) is 4.19. The molecule has 0 aliphatic carbocycles. The summed E-state index contributed by atoms with van der Waals surface area (Å²) in [7, 11) is 0. The molecule has 0 atom stereocenters. The van der Waals surface area contributed by atoms with Gasteiger partial charge in [-0.25, -0.2) is 4.79 Å². The van der Waals surface area contributed by atoms with Gasteiger partial charge in [-0.2, -0.15) is 0 Å². The summed E-state index contributed by atoms with van der Waals surface area (Å²) < 4.78 is 16.1. The van der Waals surface area contributed by atoms with Crippen molar-refractivity contribution in [1.29, 1.82) is 0 Å². The number of para-hydroxylation sites is 1. The van der Waals surface area contributed by atoms with Gasteiger partial charge in [0.2, 0.25) is 0 Å². The van der Waals surface area contributed by atoms with Crippen LogP contribution >= 0.6 is 11.3 Å². The molecule has 1 aromatic heterocycles. The van der Waals surface area contributed by atoms with Gasteiger partial charge in [-0.3, -0.25) is 9.59 Å². The van der Waals surface area contributed by atoms with Crippen LogP contribution in [-0.4, -0.2) is 37.6 Å². The topological polar surface area (TPSA) is 103 Å². The number of hydrogen-bond acceptors (Lipinski definition) is 7. The molecule has 8 nitrogen and oxygen atoms in total. The normalized spacial score (nSPS) is 10.3. The number of hydrogen-bond donors (Lipinski definition) is 2. The summed E-state index contributed by atoms with van der Waals surface area (Å²) in [5, 5.41) is 5.71. The summed E-state index contributed by atoms with van der Waals surface area (Å²) in [6.07, 6.45) is 0. The van der Waals surface area contributed by atoms with Gasteiger partial charge < -0.3 is 24.8 Å². The van der Waals surface area contributed by atoms with Crippen molar-refractivity contribution in [1.82, 2.24) is 0 Å². The molecule has 0 unspecified atom stereocenters. The minimum absolute atomic E-state index is 0.152. The Morgan fingerprint density at radius 2 is 1.50 bits per heavy atom. The summed E-state index contributed by atoms with van der Waals surface area (Å²) in [5.41, 5.74) is 1.20. The van der Waals surface area contributed by atoms with Crippen LogP contribution in [0.2, 0.25) is 0 Å². The molecule has 0 bridgehead atoms. The molecule has 0 aliphatic heterocycles. The predicted molar refractivity (Wildman–Crippen MR) is 131 cm³/mol. The van der Waals surface area contributed by atoms with Gasteiger partial charge in [-0.15, -0.1) is 11.3 Å². The average Bonchev–Trinajstić information content (AvgIpc) is 3.15. The Bertz CT molecular complexity index is 1140. The van der Waals surface area contributed by atoms with E-state index in [4.69, 9.17) is 14.2 Å². The van der Waals surface area contributed by atoms with Crippen LogP contribution in [0, 0.1) is 6.92 Å². The van der Waals surface area contributed by atoms with Crippen molar-refractivity contribution in [3.8, 4) is 11.5 Å². The second kappa shape index (κ2) is 11.9. The van der Waals surface area contributed by atoms with Gasteiger partial charge in [0.15, 0.2) is 6.61 Å². The van der Waals surface area contributed by atoms with Gasteiger partial charge in [-0.05, 0) is 62.7 Å². The highest BCUT2D eigenvalue weighted by Crippen LogP contribution is 2.34. The van der Waals surface area contributed by atoms with E-state index >= 15 is 0 Å². The number of rotatable bonds is 10. The molecule has 9 heteroatoms. The van der Waals surface area contributed by atoms with E-state index in [0.717, 1.165) is 11.3 Å². The Balaban J connectivity index is 1.74. The third-order valence-corrected chi connectivity index (χ3v) is 5.83. The van der Waals surface area contributed by atoms with Crippen LogP contribution in [-0.2, 0) is 9.53 Å². The summed E-state index contributed by atoms with van der Waals surface area (Å²) in [4.78, 5) is 38.3. The maximum Gasteiger partial charge on any atom is 0.341 e. The lowest BCUT2D eigenvalue weighted by molar-refractivity contribution is -0.118. The fourth-order valence-electron chi connectivity index (χ4n) is 3.09. The molecule has 0 saturated carbocycles. The van der Waals surface area contributed by atoms with Crippen molar-refractivity contribution in [3.63, 3.8) is 0 Å². The third kappa shape index (κ3) is 6.35. The highest BCUT2D eigenvalue weighted by molar-refractivity contribution is 7.18. The quantitative estimate of drug-likeness (QED) is 0.399. The number of anilines is 2. The minimum atomic E-state index is -0.613. The Morgan fingerprint density at radius 1 is 0.853 bits per heavy atom. The molecule has 2 N–H and O–H groups in total. The van der Waals surface area contributed by atoms with E-state index < -0.39 is 11.9 Å². The summed E-state index contributed by atoms with van der Waals surface area (Å²) in [6.45, 7) is 5.66. The van der Waals surface area contributed by atoms with Crippen LogP contribution in [0.5, 0.6) is 11.5 Å². The summed E-state index contributed by atoms with van der Waals surface area (Å²) in [5.74, 6) is -0.276. The molecule has 0 spiro atoms. The van der Waals surface area contributed by atoms with E-state index in [2.05, 4.69) is 10.6 Å². The molecule has 1 heterocycles. The zero-order chi connectivity index (χ0) is 24.5. The van der Waals surface area contributed by atoms with Crippen LogP contribution in [0.1, 0.15) is 39.4 Å². The van der Waals surface area contributed by atoms with Crippen LogP contribution in [0.25, 0.3) is 0 Å². The van der Waals surface area contributed by atoms with Crippen LogP contribution < -0.4 is 20.1 Å². The van der Waals surface area contributed by atoms with Crippen molar-refractivity contribution in [2.45, 2.75) is 20.8 Å². The van der Waals surface area contributed by atoms with Gasteiger partial charge in [0, 0.05) is 5.69 Å². The van der Waals surface area contributed by atoms with Crippen molar-refractivity contribution < 1.29 is 28.6 Å². The van der Waals surface area contributed by atoms with E-state index in [-0.39, 0.29) is 29.7 Å². The first-order valence-electron chi connectivity index (χ1n) is 10.7. The lowest BCUT2D eigenvalue weighted by Gasteiger charge is -2.09. The van der Waals surface area contributed by atoms with Gasteiger partial charge in [0.1, 0.15) is 16.5 Å². The number of carbonyl (C=O) groups excluding carboxylic acids is 3. The highest BCUT2D eigenvalue weighted by Gasteiger charge is 2.26. The van der Waals surface area contributed by atoms with Crippen molar-refractivity contribution in [2.24, 2.45) is 0 Å². The number of carbonyl (C=O) groups is 3. The van der Waals surface area contributed by atoms with Crippen molar-refractivity contribution in [2.75, 3.05) is 30.5 Å². The number of amides is 2. The number of benzene rings is 2. The standard InChI is InChI=1S/C25H26N2O6S/c1-4-31-18-11-13-19(14-12-18)33-15-20(28)27-24-21(25(30)32-5-2)16(3)22(34-24)23(29)26-17-9-7-6-8-10-17/h6-14H,4-5,15H2,1-3H3,(H,26,29)(H,27,28). The molecular formula is C25H26N2O6S. The van der Waals surface area contributed by atoms with Gasteiger partial charge >= 0.3 is 5.97 Å². The van der Waals surface area contributed by atoms with E-state index in [1.165, 1.54) is 0 Å². The van der Waals surface area contributed by atoms with E-state index in [0.29, 0.717) is 34.2 Å². The molecular weight excluding hydrogens is 456 g/mol. The molecule has 0 aliphatic rings. The van der Waals surface area contributed by atoms with E-state index in [1.54, 1.807) is 62.4 Å². The first kappa shape index (κ1) is 24.8. The van der Waals surface area contributed by atoms with Gasteiger partial charge in [-0.1, -0.05) is 18.2 Å². The number of thiophene rings is 1. The maximum absolute atomic E-state index is 12.9. The molecule has 0 radical (unpaired) electrons. The van der Waals surface area contributed by atoms with Gasteiger partial charge in [0.05, 0.1) is 23.7 Å². The highest BCUT2D eigenvalue weighted by atomic mass is 32.1. The van der Waals surface area contributed by atoms with E-state index in [1.807, 2.05) is 13.0 Å². The summed E-state index contributed by atoms with van der Waals surface area (Å²) in [6, 6.07) is 15.9. The Hall–Kier alpha value is -3.85. The molecule has 2 aromatic carbocycles. The van der Waals surface area contributed by atoms with Crippen molar-refractivity contribution >= 4 is 39.8 Å². The maximum atomic E-state index is 12.9. The summed E-state index contributed by atoms with van der Waals surface area (Å²) >= 11 is 1.01. The third-order valence-electron chi connectivity index (χ3n) is 4.62. The lowest BCUT2D eigenvalue weighted by atomic mass is 10.1. The minimum Gasteiger partial charge on any atom is -0.494 e. The smallest absolute Gasteiger partial charge is 0.341 e. The second-order valence-corrected chi connectivity index (χ2v) is 8.06. The predicted octanol–water partition coefficient (Wildman–Crippen LogP) is 4.90. The molecule has 0 saturated heterocycles. The Labute approximate surface area is 201 Å². The zero-order valence-electron chi connectivity index (χ0n) is 19.2. The Morgan fingerprint density at radius 3 is 2.12 bits per heavy atom. The Kier molecular flexibility index (Phi) is 8.64. The fraction of sp³-hybridized carbons (Fsp3) is 0.240. The monoisotopic (exact) mass is 482 g/mol. The van der Waals surface area contributed by atoms with Crippen LogP contribution in [0.4, 0.5) is 10.7 Å². The molecule has 3 rings (SSSR count). The number of esters is 1. The number of ether oxygens (including phenoxy) is 3. The SMILES string of the molecule is CCOC(=O)c1c(NC(=O)COc2ccc(OCC)cc2)sc(C(=O)Nc2ccccc2)c1C. The van der Waals surface area contributed by atoms with Crippen LogP contribution in [0.3, 0.4) is 0 Å². The zero-order valence-corrected chi connectivity index (χ0v) is 20.0. The molecule has 178 valence electrons. The molecule has 3 aromatic rings.